The van der Waals surface area contributed by atoms with Crippen LogP contribution in [-0.2, 0) is 9.84 Å². The molecule has 1 aliphatic rings. The lowest BCUT2D eigenvalue weighted by Crippen LogP contribution is -2.14. The van der Waals surface area contributed by atoms with Crippen LogP contribution in [0, 0.1) is 13.8 Å². The molecule has 1 N–H and O–H groups in total. The summed E-state index contributed by atoms with van der Waals surface area (Å²) in [5, 5.41) is 5.37. The lowest BCUT2D eigenvalue weighted by atomic mass is 10.0. The highest BCUT2D eigenvalue weighted by atomic mass is 32.2. The number of rotatable bonds is 5. The molecule has 1 unspecified atom stereocenters. The fraction of sp³-hybridized carbons (Fsp3) is 0.273. The van der Waals surface area contributed by atoms with Gasteiger partial charge in [0.25, 0.3) is 5.91 Å². The molecule has 1 fully saturated rings. The maximum absolute atomic E-state index is 12.9. The second-order valence-electron chi connectivity index (χ2n) is 7.45. The molecule has 4 rings (SSSR count). The monoisotopic (exact) mass is 458 g/mol. The maximum atomic E-state index is 12.9. The second kappa shape index (κ2) is 8.53. The van der Waals surface area contributed by atoms with Gasteiger partial charge in [-0.3, -0.25) is 10.1 Å². The Morgan fingerprint density at radius 2 is 2.00 bits per heavy atom. The predicted molar refractivity (Wildman–Crippen MR) is 124 cm³/mol. The van der Waals surface area contributed by atoms with Crippen LogP contribution in [0.5, 0.6) is 0 Å². The Morgan fingerprint density at radius 1 is 1.20 bits per heavy atom. The minimum atomic E-state index is -2.96. The summed E-state index contributed by atoms with van der Waals surface area (Å²) in [6.45, 7) is 4.09. The van der Waals surface area contributed by atoms with Gasteiger partial charge in [0.05, 0.1) is 22.8 Å². The van der Waals surface area contributed by atoms with Crippen molar-refractivity contribution in [1.82, 2.24) is 4.98 Å². The Bertz CT molecular complexity index is 1200. The summed E-state index contributed by atoms with van der Waals surface area (Å²) in [5.41, 5.74) is 4.74. The van der Waals surface area contributed by atoms with Crippen LogP contribution in [0.15, 0.2) is 52.7 Å². The zero-order valence-corrected chi connectivity index (χ0v) is 19.2. The fourth-order valence-corrected chi connectivity index (χ4v) is 7.75. The first kappa shape index (κ1) is 21.1. The minimum absolute atomic E-state index is 0.0142. The molecule has 1 amide bonds. The van der Waals surface area contributed by atoms with Gasteiger partial charge in [0.15, 0.2) is 15.0 Å². The van der Waals surface area contributed by atoms with E-state index in [0.29, 0.717) is 17.1 Å². The van der Waals surface area contributed by atoms with E-state index >= 15 is 0 Å². The lowest BCUT2D eigenvalue weighted by Gasteiger charge is -2.12. The number of sulfone groups is 1. The Labute approximate surface area is 184 Å². The van der Waals surface area contributed by atoms with E-state index in [1.807, 2.05) is 37.4 Å². The van der Waals surface area contributed by atoms with Crippen LogP contribution in [-0.4, -0.2) is 36.1 Å². The van der Waals surface area contributed by atoms with Crippen LogP contribution >= 0.6 is 23.1 Å². The third kappa shape index (κ3) is 4.77. The number of nitrogens with zero attached hydrogens (tertiary/aromatic N) is 1. The minimum Gasteiger partial charge on any atom is -0.298 e. The van der Waals surface area contributed by atoms with Crippen LogP contribution in [0.4, 0.5) is 5.13 Å². The van der Waals surface area contributed by atoms with Gasteiger partial charge in [-0.15, -0.1) is 23.1 Å². The van der Waals surface area contributed by atoms with Crippen LogP contribution < -0.4 is 5.32 Å². The van der Waals surface area contributed by atoms with Gasteiger partial charge in [-0.1, -0.05) is 29.8 Å². The summed E-state index contributed by atoms with van der Waals surface area (Å²) in [4.78, 5) is 18.3. The number of benzene rings is 2. The third-order valence-electron chi connectivity index (χ3n) is 5.01. The van der Waals surface area contributed by atoms with E-state index in [2.05, 4.69) is 28.5 Å². The van der Waals surface area contributed by atoms with Crippen molar-refractivity contribution in [1.29, 1.82) is 0 Å². The second-order valence-corrected chi connectivity index (χ2v) is 11.9. The number of thioether (sulfide) groups is 1. The molecule has 3 aromatic rings. The van der Waals surface area contributed by atoms with Crippen molar-refractivity contribution in [2.45, 2.75) is 30.4 Å². The molecule has 0 radical (unpaired) electrons. The predicted octanol–water partition coefficient (Wildman–Crippen LogP) is 4.96. The maximum Gasteiger partial charge on any atom is 0.258 e. The molecule has 156 valence electrons. The highest BCUT2D eigenvalue weighted by Crippen LogP contribution is 2.34. The number of carbonyl (C=O) groups excluding carboxylic acids is 1. The Balaban J connectivity index is 1.51. The van der Waals surface area contributed by atoms with Crippen molar-refractivity contribution in [2.24, 2.45) is 0 Å². The van der Waals surface area contributed by atoms with Gasteiger partial charge in [0.1, 0.15) is 0 Å². The quantitative estimate of drug-likeness (QED) is 0.585. The molecule has 8 heteroatoms. The van der Waals surface area contributed by atoms with Gasteiger partial charge in [-0.2, -0.15) is 0 Å². The normalized spacial score (nSPS) is 17.7. The molecule has 2 aromatic carbocycles. The molecule has 0 spiro atoms. The van der Waals surface area contributed by atoms with Crippen molar-refractivity contribution < 1.29 is 13.2 Å². The van der Waals surface area contributed by atoms with Gasteiger partial charge in [-0.05, 0) is 44.0 Å². The summed E-state index contributed by atoms with van der Waals surface area (Å²) in [7, 11) is -2.96. The number of aromatic nitrogens is 1. The molecule has 5 nitrogen and oxygen atoms in total. The highest BCUT2D eigenvalue weighted by molar-refractivity contribution is 8.02. The van der Waals surface area contributed by atoms with E-state index in [9.17, 15) is 13.2 Å². The Kier molecular flexibility index (Phi) is 5.99. The summed E-state index contributed by atoms with van der Waals surface area (Å²) < 4.78 is 23.5. The number of anilines is 1. The standard InChI is InChI=1S/C22H22N2O3S3/c1-14-7-8-15(2)18(11-14)19-12-28-22(23-19)24-21(25)17-5-3-4-6-20(17)29-16-9-10-30(26,27)13-16/h3-8,11-12,16H,9-10,13H2,1-2H3,(H,23,24,25). The van der Waals surface area contributed by atoms with Gasteiger partial charge in [-0.25, -0.2) is 13.4 Å². The zero-order chi connectivity index (χ0) is 21.3. The average Bonchev–Trinajstić information content (AvgIpc) is 3.30. The van der Waals surface area contributed by atoms with Gasteiger partial charge >= 0.3 is 0 Å². The van der Waals surface area contributed by atoms with E-state index in [-0.39, 0.29) is 22.7 Å². The molecular weight excluding hydrogens is 436 g/mol. The highest BCUT2D eigenvalue weighted by Gasteiger charge is 2.29. The first-order valence-electron chi connectivity index (χ1n) is 9.61. The summed E-state index contributed by atoms with van der Waals surface area (Å²) in [6.07, 6.45) is 0.620. The Morgan fingerprint density at radius 3 is 2.77 bits per heavy atom. The molecule has 1 atom stereocenters. The zero-order valence-electron chi connectivity index (χ0n) is 16.7. The molecular formula is C22H22N2O3S3. The third-order valence-corrected chi connectivity index (χ3v) is 9.09. The average molecular weight is 459 g/mol. The fourth-order valence-electron chi connectivity index (χ4n) is 3.42. The molecule has 0 aliphatic carbocycles. The molecule has 0 bridgehead atoms. The SMILES string of the molecule is Cc1ccc(C)c(-c2csc(NC(=O)c3ccccc3SC3CCS(=O)(=O)C3)n2)c1. The number of nitrogens with one attached hydrogen (secondary N) is 1. The van der Waals surface area contributed by atoms with Gasteiger partial charge in [0, 0.05) is 21.1 Å². The van der Waals surface area contributed by atoms with Gasteiger partial charge in [0.2, 0.25) is 0 Å². The number of aryl methyl sites for hydroxylation is 2. The molecule has 1 saturated heterocycles. The van der Waals surface area contributed by atoms with E-state index in [4.69, 9.17) is 0 Å². The lowest BCUT2D eigenvalue weighted by molar-refractivity contribution is 0.102. The summed E-state index contributed by atoms with van der Waals surface area (Å²) >= 11 is 2.86. The molecule has 0 saturated carbocycles. The van der Waals surface area contributed by atoms with Crippen LogP contribution in [0.25, 0.3) is 11.3 Å². The van der Waals surface area contributed by atoms with E-state index in [0.717, 1.165) is 27.3 Å². The van der Waals surface area contributed by atoms with Crippen LogP contribution in [0.2, 0.25) is 0 Å². The number of thiazole rings is 1. The first-order valence-corrected chi connectivity index (χ1v) is 13.2. The largest absolute Gasteiger partial charge is 0.298 e. The van der Waals surface area contributed by atoms with Gasteiger partial charge < -0.3 is 0 Å². The number of amides is 1. The molecule has 1 aliphatic heterocycles. The van der Waals surface area contributed by atoms with Crippen LogP contribution in [0.1, 0.15) is 27.9 Å². The first-order chi connectivity index (χ1) is 14.3. The van der Waals surface area contributed by atoms with Crippen molar-refractivity contribution in [3.63, 3.8) is 0 Å². The van der Waals surface area contributed by atoms with E-state index in [1.165, 1.54) is 23.1 Å². The van der Waals surface area contributed by atoms with Crippen molar-refractivity contribution in [3.8, 4) is 11.3 Å². The molecule has 30 heavy (non-hydrogen) atoms. The van der Waals surface area contributed by atoms with Crippen LogP contribution in [0.3, 0.4) is 0 Å². The summed E-state index contributed by atoms with van der Waals surface area (Å²) in [6, 6.07) is 13.5. The molecule has 2 heterocycles. The van der Waals surface area contributed by atoms with E-state index in [1.54, 1.807) is 6.07 Å². The smallest absolute Gasteiger partial charge is 0.258 e. The Hall–Kier alpha value is -2.16. The topological polar surface area (TPSA) is 76.1 Å². The van der Waals surface area contributed by atoms with Crippen molar-refractivity contribution in [2.75, 3.05) is 16.8 Å². The van der Waals surface area contributed by atoms with E-state index < -0.39 is 9.84 Å². The number of carbonyl (C=O) groups is 1. The number of hydrogen-bond donors (Lipinski definition) is 1. The molecule has 1 aromatic heterocycles. The van der Waals surface area contributed by atoms with Crippen molar-refractivity contribution in [3.05, 3.63) is 64.5 Å². The number of hydrogen-bond acceptors (Lipinski definition) is 6. The summed E-state index contributed by atoms with van der Waals surface area (Å²) in [5.74, 6) is 0.152. The van der Waals surface area contributed by atoms with Crippen molar-refractivity contribution >= 4 is 44.0 Å².